The molecule has 1 aromatic heterocycles. The number of benzene rings is 3. The van der Waals surface area contributed by atoms with E-state index >= 15 is 0 Å². The number of aryl methyl sites for hydroxylation is 1. The van der Waals surface area contributed by atoms with Gasteiger partial charge in [0.05, 0.1) is 11.3 Å². The van der Waals surface area contributed by atoms with Crippen LogP contribution in [0.15, 0.2) is 82.7 Å². The van der Waals surface area contributed by atoms with Gasteiger partial charge in [-0.05, 0) is 41.3 Å². The number of hydrogen-bond acceptors (Lipinski definition) is 3. The highest BCUT2D eigenvalue weighted by Gasteiger charge is 2.28. The minimum Gasteiger partial charge on any atom is -0.387 e. The van der Waals surface area contributed by atoms with Gasteiger partial charge in [0.15, 0.2) is 6.10 Å². The van der Waals surface area contributed by atoms with E-state index in [1.165, 1.54) is 5.56 Å². The molecule has 0 saturated carbocycles. The van der Waals surface area contributed by atoms with Gasteiger partial charge < -0.3 is 9.82 Å². The largest absolute Gasteiger partial charge is 0.387 e. The highest BCUT2D eigenvalue weighted by atomic mass is 35.5. The molecule has 1 atom stereocenters. The van der Waals surface area contributed by atoms with Crippen LogP contribution in [-0.2, 0) is 11.3 Å². The fourth-order valence-corrected chi connectivity index (χ4v) is 4.29. The van der Waals surface area contributed by atoms with E-state index in [9.17, 15) is 4.79 Å². The summed E-state index contributed by atoms with van der Waals surface area (Å²) in [6.07, 6.45) is 1.31. The lowest BCUT2D eigenvalue weighted by atomic mass is 9.91. The van der Waals surface area contributed by atoms with Gasteiger partial charge in [-0.1, -0.05) is 78.3 Å². The number of hydrogen-bond donors (Lipinski definition) is 1. The Morgan fingerprint density at radius 3 is 2.55 bits per heavy atom. The number of rotatable bonds is 4. The molecule has 3 aromatic carbocycles. The lowest BCUT2D eigenvalue weighted by molar-refractivity contribution is 0.0857. The second-order valence-corrected chi connectivity index (χ2v) is 8.13. The van der Waals surface area contributed by atoms with Crippen molar-refractivity contribution in [3.8, 4) is 11.1 Å². The van der Waals surface area contributed by atoms with Crippen molar-refractivity contribution in [3.63, 3.8) is 0 Å². The van der Waals surface area contributed by atoms with Crippen LogP contribution in [0.1, 0.15) is 36.1 Å². The molecule has 1 aliphatic heterocycles. The molecule has 154 valence electrons. The molecule has 31 heavy (non-hydrogen) atoms. The highest BCUT2D eigenvalue weighted by molar-refractivity contribution is 6.31. The fourth-order valence-electron chi connectivity index (χ4n) is 4.12. The Kier molecular flexibility index (Phi) is 5.08. The van der Waals surface area contributed by atoms with Crippen LogP contribution < -0.4 is 5.56 Å². The lowest BCUT2D eigenvalue weighted by Crippen LogP contribution is -2.20. The summed E-state index contributed by atoms with van der Waals surface area (Å²) in [6, 6.07) is 23.7. The summed E-state index contributed by atoms with van der Waals surface area (Å²) in [7, 11) is 0. The van der Waals surface area contributed by atoms with Gasteiger partial charge in [0, 0.05) is 27.9 Å². The normalized spacial score (nSPS) is 15.7. The molecule has 5 heteroatoms. The van der Waals surface area contributed by atoms with Crippen LogP contribution in [0, 0.1) is 0 Å². The summed E-state index contributed by atoms with van der Waals surface area (Å²) >= 11 is 6.31. The molecule has 4 nitrogen and oxygen atoms in total. The minimum absolute atomic E-state index is 0.182. The maximum Gasteiger partial charge on any atom is 0.258 e. The third-order valence-corrected chi connectivity index (χ3v) is 5.99. The molecule has 0 radical (unpaired) electrons. The van der Waals surface area contributed by atoms with Crippen LogP contribution in [0.25, 0.3) is 22.0 Å². The summed E-state index contributed by atoms with van der Waals surface area (Å²) < 4.78 is 0. The van der Waals surface area contributed by atoms with Gasteiger partial charge in [-0.2, -0.15) is 0 Å². The van der Waals surface area contributed by atoms with Gasteiger partial charge >= 0.3 is 0 Å². The predicted molar refractivity (Wildman–Crippen MR) is 126 cm³/mol. The van der Waals surface area contributed by atoms with Crippen LogP contribution in [-0.4, -0.2) is 10.7 Å². The molecule has 4 aromatic rings. The maximum atomic E-state index is 13.2. The number of pyridine rings is 1. The van der Waals surface area contributed by atoms with E-state index in [2.05, 4.69) is 41.3 Å². The van der Waals surface area contributed by atoms with E-state index in [1.807, 2.05) is 42.5 Å². The van der Waals surface area contributed by atoms with Crippen LogP contribution in [0.5, 0.6) is 0 Å². The molecule has 0 fully saturated rings. The van der Waals surface area contributed by atoms with Crippen molar-refractivity contribution in [2.75, 3.05) is 0 Å². The first-order chi connectivity index (χ1) is 15.1. The zero-order valence-corrected chi connectivity index (χ0v) is 17.8. The van der Waals surface area contributed by atoms with Crippen LogP contribution in [0.2, 0.25) is 5.02 Å². The molecule has 1 unspecified atom stereocenters. The van der Waals surface area contributed by atoms with Crippen molar-refractivity contribution < 1.29 is 4.84 Å². The molecule has 0 bridgehead atoms. The molecule has 0 saturated heterocycles. The van der Waals surface area contributed by atoms with E-state index < -0.39 is 0 Å². The number of H-pyrrole nitrogens is 1. The smallest absolute Gasteiger partial charge is 0.258 e. The molecule has 1 aliphatic rings. The first-order valence-electron chi connectivity index (χ1n) is 10.4. The average molecular weight is 429 g/mol. The third-order valence-electron chi connectivity index (χ3n) is 5.76. The molecule has 5 rings (SSSR count). The third kappa shape index (κ3) is 3.64. The summed E-state index contributed by atoms with van der Waals surface area (Å²) in [5.74, 6) is 0. The maximum absolute atomic E-state index is 13.2. The molecular weight excluding hydrogens is 408 g/mol. The van der Waals surface area contributed by atoms with Crippen molar-refractivity contribution in [3.05, 3.63) is 105 Å². The fraction of sp³-hybridized carbons (Fsp3) is 0.154. The van der Waals surface area contributed by atoms with Crippen LogP contribution in [0.3, 0.4) is 0 Å². The topological polar surface area (TPSA) is 54.5 Å². The molecule has 2 heterocycles. The number of aromatic amines is 1. The SMILES string of the molecule is CCc1ccc(C2CC(c3c(-c4ccccc4)c4cc(Cl)ccc4[nH]c3=O)=NO2)cc1. The number of nitrogens with one attached hydrogen (secondary N) is 1. The van der Waals surface area contributed by atoms with E-state index in [0.29, 0.717) is 22.7 Å². The van der Waals surface area contributed by atoms with Gasteiger partial charge in [0.25, 0.3) is 5.56 Å². The van der Waals surface area contributed by atoms with Crippen molar-refractivity contribution in [2.45, 2.75) is 25.9 Å². The van der Waals surface area contributed by atoms with E-state index in [0.717, 1.165) is 34.0 Å². The van der Waals surface area contributed by atoms with Crippen molar-refractivity contribution in [1.29, 1.82) is 0 Å². The summed E-state index contributed by atoms with van der Waals surface area (Å²) in [6.45, 7) is 2.13. The summed E-state index contributed by atoms with van der Waals surface area (Å²) in [5, 5.41) is 5.84. The van der Waals surface area contributed by atoms with Crippen molar-refractivity contribution >= 4 is 28.2 Å². The van der Waals surface area contributed by atoms with E-state index in [-0.39, 0.29) is 11.7 Å². The minimum atomic E-state index is -0.209. The van der Waals surface area contributed by atoms with Gasteiger partial charge in [-0.3, -0.25) is 4.79 Å². The van der Waals surface area contributed by atoms with Crippen molar-refractivity contribution in [2.24, 2.45) is 5.16 Å². The second-order valence-electron chi connectivity index (χ2n) is 7.69. The lowest BCUT2D eigenvalue weighted by Gasteiger charge is -2.13. The molecule has 0 aliphatic carbocycles. The highest BCUT2D eigenvalue weighted by Crippen LogP contribution is 2.35. The Balaban J connectivity index is 1.63. The number of halogens is 1. The van der Waals surface area contributed by atoms with E-state index in [1.54, 1.807) is 6.07 Å². The van der Waals surface area contributed by atoms with Gasteiger partial charge in [0.1, 0.15) is 0 Å². The molecular formula is C26H21ClN2O2. The summed E-state index contributed by atoms with van der Waals surface area (Å²) in [4.78, 5) is 22.0. The first-order valence-corrected chi connectivity index (χ1v) is 10.7. The number of oxime groups is 1. The number of aromatic nitrogens is 1. The Labute approximate surface area is 185 Å². The average Bonchev–Trinajstić information content (AvgIpc) is 3.29. The Bertz CT molecular complexity index is 1340. The Hall–Kier alpha value is -3.37. The van der Waals surface area contributed by atoms with Gasteiger partial charge in [0.2, 0.25) is 0 Å². The quantitative estimate of drug-likeness (QED) is 0.416. The number of nitrogens with zero attached hydrogens (tertiary/aromatic N) is 1. The number of fused-ring (bicyclic) bond motifs is 1. The zero-order chi connectivity index (χ0) is 21.4. The Morgan fingerprint density at radius 1 is 1.03 bits per heavy atom. The standard InChI is InChI=1S/C26H21ClN2O2/c1-2-16-8-10-17(11-9-16)23-15-22(29-31-23)25-24(18-6-4-3-5-7-18)20-14-19(27)12-13-21(20)28-26(25)30/h3-14,23H,2,15H2,1H3,(H,28,30). The van der Waals surface area contributed by atoms with Crippen LogP contribution in [0.4, 0.5) is 0 Å². The molecule has 0 spiro atoms. The van der Waals surface area contributed by atoms with Gasteiger partial charge in [-0.15, -0.1) is 0 Å². The van der Waals surface area contributed by atoms with Crippen LogP contribution >= 0.6 is 11.6 Å². The zero-order valence-electron chi connectivity index (χ0n) is 17.1. The first kappa shape index (κ1) is 19.6. The second kappa shape index (κ2) is 8.05. The Morgan fingerprint density at radius 2 is 1.81 bits per heavy atom. The monoisotopic (exact) mass is 428 g/mol. The van der Waals surface area contributed by atoms with Crippen molar-refractivity contribution in [1.82, 2.24) is 4.98 Å². The van der Waals surface area contributed by atoms with E-state index in [4.69, 9.17) is 16.4 Å². The predicted octanol–water partition coefficient (Wildman–Crippen LogP) is 6.28. The van der Waals surface area contributed by atoms with Gasteiger partial charge in [-0.25, -0.2) is 0 Å². The molecule has 0 amide bonds. The molecule has 1 N–H and O–H groups in total. The summed E-state index contributed by atoms with van der Waals surface area (Å²) in [5.41, 5.74) is 5.83.